The molecule has 4 nitrogen and oxygen atoms in total. The van der Waals surface area contributed by atoms with Crippen molar-refractivity contribution < 1.29 is 9.90 Å². The van der Waals surface area contributed by atoms with E-state index in [9.17, 15) is 4.79 Å². The van der Waals surface area contributed by atoms with Gasteiger partial charge < -0.3 is 15.7 Å². The number of aliphatic hydroxyl groups is 1. The second-order valence-corrected chi connectivity index (χ2v) is 4.22. The van der Waals surface area contributed by atoms with Crippen LogP contribution in [-0.2, 0) is 4.79 Å². The summed E-state index contributed by atoms with van der Waals surface area (Å²) in [6, 6.07) is -0.616. The standard InChI is InChI=1S/C10H22N2O2/c1-7(2)5-9(11)10(14)12(4)8(3)6-13/h7-9,13H,5-6,11H2,1-4H3/t8?,9-/m1/s1. The number of rotatable bonds is 5. The van der Waals surface area contributed by atoms with Gasteiger partial charge in [-0.1, -0.05) is 13.8 Å². The van der Waals surface area contributed by atoms with Gasteiger partial charge in [0.25, 0.3) is 0 Å². The normalized spacial score (nSPS) is 15.4. The van der Waals surface area contributed by atoms with E-state index < -0.39 is 6.04 Å². The molecule has 0 radical (unpaired) electrons. The Morgan fingerprint density at radius 2 is 1.93 bits per heavy atom. The van der Waals surface area contributed by atoms with Gasteiger partial charge in [0.15, 0.2) is 0 Å². The lowest BCUT2D eigenvalue weighted by Gasteiger charge is -2.26. The number of hydrogen-bond acceptors (Lipinski definition) is 3. The van der Waals surface area contributed by atoms with Crippen LogP contribution in [-0.4, -0.2) is 41.7 Å². The van der Waals surface area contributed by atoms with Crippen molar-refractivity contribution in [1.29, 1.82) is 0 Å². The minimum Gasteiger partial charge on any atom is -0.394 e. The summed E-state index contributed by atoms with van der Waals surface area (Å²) in [5, 5.41) is 8.88. The molecule has 14 heavy (non-hydrogen) atoms. The highest BCUT2D eigenvalue weighted by Crippen LogP contribution is 2.06. The van der Waals surface area contributed by atoms with Gasteiger partial charge in [-0.3, -0.25) is 4.79 Å². The molecule has 0 bridgehead atoms. The van der Waals surface area contributed by atoms with E-state index in [2.05, 4.69) is 0 Å². The summed E-state index contributed by atoms with van der Waals surface area (Å²) < 4.78 is 0. The third-order valence-electron chi connectivity index (χ3n) is 2.32. The second-order valence-electron chi connectivity index (χ2n) is 4.22. The number of carbonyl (C=O) groups excluding carboxylic acids is 1. The third kappa shape index (κ3) is 4.07. The van der Waals surface area contributed by atoms with Gasteiger partial charge in [-0.05, 0) is 19.3 Å². The molecule has 0 aliphatic heterocycles. The highest BCUT2D eigenvalue weighted by Gasteiger charge is 2.21. The molecule has 0 aromatic heterocycles. The van der Waals surface area contributed by atoms with Crippen LogP contribution in [0.25, 0.3) is 0 Å². The zero-order valence-corrected chi connectivity index (χ0v) is 9.53. The molecule has 0 rings (SSSR count). The molecule has 0 saturated carbocycles. The van der Waals surface area contributed by atoms with Crippen molar-refractivity contribution in [3.8, 4) is 0 Å². The van der Waals surface area contributed by atoms with E-state index in [4.69, 9.17) is 10.8 Å². The van der Waals surface area contributed by atoms with Gasteiger partial charge in [0.2, 0.25) is 5.91 Å². The molecule has 4 heteroatoms. The molecule has 0 aliphatic rings. The lowest BCUT2D eigenvalue weighted by molar-refractivity contribution is -0.134. The number of carbonyl (C=O) groups is 1. The molecule has 0 aliphatic carbocycles. The monoisotopic (exact) mass is 202 g/mol. The highest BCUT2D eigenvalue weighted by molar-refractivity contribution is 5.81. The van der Waals surface area contributed by atoms with Gasteiger partial charge in [0.05, 0.1) is 18.7 Å². The number of nitrogens with two attached hydrogens (primary N) is 1. The summed E-state index contributed by atoms with van der Waals surface area (Å²) in [6.07, 6.45) is 0.682. The predicted molar refractivity (Wildman–Crippen MR) is 56.7 cm³/mol. The summed E-state index contributed by atoms with van der Waals surface area (Å²) in [6.45, 7) is 5.82. The maximum Gasteiger partial charge on any atom is 0.239 e. The molecule has 1 amide bonds. The first-order valence-electron chi connectivity index (χ1n) is 5.03. The smallest absolute Gasteiger partial charge is 0.239 e. The van der Waals surface area contributed by atoms with Crippen LogP contribution in [0, 0.1) is 5.92 Å². The summed E-state index contributed by atoms with van der Waals surface area (Å²) in [5.74, 6) is 0.312. The van der Waals surface area contributed by atoms with Crippen molar-refractivity contribution in [3.63, 3.8) is 0 Å². The van der Waals surface area contributed by atoms with Crippen LogP contribution < -0.4 is 5.73 Å². The van der Waals surface area contributed by atoms with E-state index in [-0.39, 0.29) is 18.6 Å². The fourth-order valence-electron chi connectivity index (χ4n) is 1.21. The van der Waals surface area contributed by atoms with Crippen molar-refractivity contribution in [3.05, 3.63) is 0 Å². The molecule has 84 valence electrons. The molecular weight excluding hydrogens is 180 g/mol. The van der Waals surface area contributed by atoms with Gasteiger partial charge in [-0.15, -0.1) is 0 Å². The van der Waals surface area contributed by atoms with E-state index in [1.54, 1.807) is 14.0 Å². The van der Waals surface area contributed by atoms with Crippen LogP contribution in [0.15, 0.2) is 0 Å². The molecule has 2 atom stereocenters. The van der Waals surface area contributed by atoms with Crippen molar-refractivity contribution in [2.75, 3.05) is 13.7 Å². The summed E-state index contributed by atoms with van der Waals surface area (Å²) >= 11 is 0. The number of amides is 1. The molecule has 0 heterocycles. The molecule has 0 fully saturated rings. The number of aliphatic hydroxyl groups excluding tert-OH is 1. The zero-order chi connectivity index (χ0) is 11.3. The lowest BCUT2D eigenvalue weighted by Crippen LogP contribution is -2.47. The topological polar surface area (TPSA) is 66.6 Å². The van der Waals surface area contributed by atoms with Crippen molar-refractivity contribution >= 4 is 5.91 Å². The predicted octanol–water partition coefficient (Wildman–Crippen LogP) is 0.199. The van der Waals surface area contributed by atoms with Gasteiger partial charge in [0, 0.05) is 7.05 Å². The Morgan fingerprint density at radius 1 is 1.43 bits per heavy atom. The lowest BCUT2D eigenvalue weighted by atomic mass is 10.0. The molecule has 3 N–H and O–H groups in total. The van der Waals surface area contributed by atoms with E-state index >= 15 is 0 Å². The Labute approximate surface area is 86.1 Å². The molecule has 1 unspecified atom stereocenters. The van der Waals surface area contributed by atoms with Gasteiger partial charge in [0.1, 0.15) is 0 Å². The van der Waals surface area contributed by atoms with E-state index in [0.717, 1.165) is 0 Å². The van der Waals surface area contributed by atoms with Crippen LogP contribution in [0.4, 0.5) is 0 Å². The van der Waals surface area contributed by atoms with Crippen molar-refractivity contribution in [2.45, 2.75) is 39.3 Å². The minimum absolute atomic E-state index is 0.0311. The average Bonchev–Trinajstić information content (AvgIpc) is 2.13. The zero-order valence-electron chi connectivity index (χ0n) is 9.53. The fraction of sp³-hybridized carbons (Fsp3) is 0.900. The first-order valence-corrected chi connectivity index (χ1v) is 5.03. The van der Waals surface area contributed by atoms with Crippen molar-refractivity contribution in [1.82, 2.24) is 4.90 Å². The largest absolute Gasteiger partial charge is 0.394 e. The number of likely N-dealkylation sites (N-methyl/N-ethyl adjacent to an activating group) is 1. The Bertz CT molecular complexity index is 183. The van der Waals surface area contributed by atoms with Crippen LogP contribution >= 0.6 is 0 Å². The Hall–Kier alpha value is -0.610. The van der Waals surface area contributed by atoms with Gasteiger partial charge in [-0.2, -0.15) is 0 Å². The average molecular weight is 202 g/mol. The maximum atomic E-state index is 11.7. The summed E-state index contributed by atoms with van der Waals surface area (Å²) in [5.41, 5.74) is 5.74. The Balaban J connectivity index is 4.17. The summed E-state index contributed by atoms with van der Waals surface area (Å²) in [4.78, 5) is 13.2. The second kappa shape index (κ2) is 5.98. The number of hydrogen-bond donors (Lipinski definition) is 2. The Morgan fingerprint density at radius 3 is 2.29 bits per heavy atom. The van der Waals surface area contributed by atoms with Crippen LogP contribution in [0.5, 0.6) is 0 Å². The van der Waals surface area contributed by atoms with Crippen LogP contribution in [0.3, 0.4) is 0 Å². The Kier molecular flexibility index (Phi) is 5.72. The highest BCUT2D eigenvalue weighted by atomic mass is 16.3. The van der Waals surface area contributed by atoms with Crippen LogP contribution in [0.1, 0.15) is 27.2 Å². The minimum atomic E-state index is -0.450. The van der Waals surface area contributed by atoms with Crippen molar-refractivity contribution in [2.24, 2.45) is 11.7 Å². The first kappa shape index (κ1) is 13.4. The molecular formula is C10H22N2O2. The molecule has 0 aromatic rings. The summed E-state index contributed by atoms with van der Waals surface area (Å²) in [7, 11) is 1.67. The SMILES string of the molecule is CC(C)C[C@@H](N)C(=O)N(C)C(C)CO. The van der Waals surface area contributed by atoms with E-state index in [1.807, 2.05) is 13.8 Å². The van der Waals surface area contributed by atoms with Gasteiger partial charge in [-0.25, -0.2) is 0 Å². The maximum absolute atomic E-state index is 11.7. The quantitative estimate of drug-likeness (QED) is 0.669. The number of nitrogens with zero attached hydrogens (tertiary/aromatic N) is 1. The molecule has 0 aromatic carbocycles. The molecule has 0 spiro atoms. The van der Waals surface area contributed by atoms with Crippen LogP contribution in [0.2, 0.25) is 0 Å². The van der Waals surface area contributed by atoms with E-state index in [0.29, 0.717) is 12.3 Å². The third-order valence-corrected chi connectivity index (χ3v) is 2.32. The fourth-order valence-corrected chi connectivity index (χ4v) is 1.21. The molecule has 0 saturated heterocycles. The first-order chi connectivity index (χ1) is 6.40. The van der Waals surface area contributed by atoms with Gasteiger partial charge >= 0.3 is 0 Å². The van der Waals surface area contributed by atoms with E-state index in [1.165, 1.54) is 4.90 Å².